The Labute approximate surface area is 230 Å². The number of nitrogens with one attached hydrogen (secondary N) is 1. The van der Waals surface area contributed by atoms with Gasteiger partial charge in [-0.15, -0.1) is 0 Å². The van der Waals surface area contributed by atoms with Crippen LogP contribution in [-0.2, 0) is 19.6 Å². The molecular weight excluding hydrogens is 520 g/mol. The van der Waals surface area contributed by atoms with Crippen molar-refractivity contribution in [1.82, 2.24) is 9.62 Å². The first kappa shape index (κ1) is 28.0. The highest BCUT2D eigenvalue weighted by Gasteiger charge is 2.38. The summed E-state index contributed by atoms with van der Waals surface area (Å²) in [6, 6.07) is 26.4. The molecule has 1 fully saturated rings. The number of allylic oxidation sites excluding steroid dienone is 1. The molecule has 3 aromatic rings. The molecule has 0 bridgehead atoms. The Hall–Kier alpha value is -2.97. The van der Waals surface area contributed by atoms with Gasteiger partial charge in [0.25, 0.3) is 0 Å². The number of methoxy groups -OCH3 is 1. The van der Waals surface area contributed by atoms with E-state index in [2.05, 4.69) is 46.0 Å². The molecule has 0 saturated carbocycles. The van der Waals surface area contributed by atoms with E-state index in [-0.39, 0.29) is 29.0 Å². The molecule has 2 atom stereocenters. The van der Waals surface area contributed by atoms with Crippen molar-refractivity contribution in [1.29, 1.82) is 0 Å². The molecule has 8 heteroatoms. The van der Waals surface area contributed by atoms with Gasteiger partial charge in [0.1, 0.15) is 0 Å². The fourth-order valence-electron chi connectivity index (χ4n) is 4.93. The van der Waals surface area contributed by atoms with Gasteiger partial charge in [-0.05, 0) is 54.7 Å². The summed E-state index contributed by atoms with van der Waals surface area (Å²) in [5, 5.41) is 0.488. The first-order valence-corrected chi connectivity index (χ1v) is 14.6. The summed E-state index contributed by atoms with van der Waals surface area (Å²) in [7, 11) is -2.32. The molecule has 0 radical (unpaired) electrons. The van der Waals surface area contributed by atoms with E-state index in [9.17, 15) is 13.2 Å². The predicted molar refractivity (Wildman–Crippen MR) is 150 cm³/mol. The lowest BCUT2D eigenvalue weighted by atomic mass is 9.96. The summed E-state index contributed by atoms with van der Waals surface area (Å²) in [5.41, 5.74) is 2.29. The maximum Gasteiger partial charge on any atom is 0.305 e. The zero-order valence-electron chi connectivity index (χ0n) is 21.4. The number of ether oxygens (including phenoxy) is 1. The zero-order chi connectivity index (χ0) is 27.0. The summed E-state index contributed by atoms with van der Waals surface area (Å²) < 4.78 is 34.0. The number of carbonyl (C=O) groups is 1. The molecule has 0 spiro atoms. The molecule has 0 unspecified atom stereocenters. The minimum atomic E-state index is -3.71. The van der Waals surface area contributed by atoms with Crippen LogP contribution in [0.4, 0.5) is 0 Å². The number of unbranched alkanes of at least 4 members (excludes halogenated alkanes) is 1. The number of likely N-dealkylation sites (tertiary alicyclic amines) is 1. The average molecular weight is 553 g/mol. The van der Waals surface area contributed by atoms with E-state index >= 15 is 0 Å². The second-order valence-corrected chi connectivity index (χ2v) is 11.5. The summed E-state index contributed by atoms with van der Waals surface area (Å²) in [4.78, 5) is 14.0. The largest absolute Gasteiger partial charge is 0.469 e. The standard InChI is InChI=1S/C30H33ClN2O4S/c1-37-29(34)16-10-4-9-15-27-21-26(32-38(35,36)28-19-17-25(31)18-20-28)22-33(27)30(23-11-5-2-6-12-23)24-13-7-3-8-14-24/h2-3,5-9,11-15,17-20,26-27,30,32H,4,10,16,21-22H2,1H3/b15-9-/t26-,27-/m1/s1. The molecular formula is C30H33ClN2O4S. The number of rotatable bonds is 11. The van der Waals surface area contributed by atoms with Gasteiger partial charge in [0.05, 0.1) is 18.0 Å². The SMILES string of the molecule is COC(=O)CCC/C=C\[C@@H]1C[C@@H](NS(=O)(=O)c2ccc(Cl)cc2)CN1C(c1ccccc1)c1ccccc1. The van der Waals surface area contributed by atoms with Gasteiger partial charge in [0, 0.05) is 30.1 Å². The van der Waals surface area contributed by atoms with Crippen molar-refractivity contribution in [2.75, 3.05) is 13.7 Å². The van der Waals surface area contributed by atoms with Crippen molar-refractivity contribution in [2.45, 2.75) is 48.7 Å². The van der Waals surface area contributed by atoms with Crippen LogP contribution in [0.5, 0.6) is 0 Å². The zero-order valence-corrected chi connectivity index (χ0v) is 22.9. The first-order chi connectivity index (χ1) is 18.4. The molecule has 1 aliphatic rings. The average Bonchev–Trinajstić information content (AvgIpc) is 3.30. The van der Waals surface area contributed by atoms with E-state index in [1.165, 1.54) is 19.2 Å². The van der Waals surface area contributed by atoms with E-state index in [1.54, 1.807) is 12.1 Å². The smallest absolute Gasteiger partial charge is 0.305 e. The van der Waals surface area contributed by atoms with Crippen molar-refractivity contribution in [3.05, 3.63) is 113 Å². The quantitative estimate of drug-likeness (QED) is 0.186. The molecule has 0 aliphatic carbocycles. The molecule has 0 aromatic heterocycles. The van der Waals surface area contributed by atoms with Crippen molar-refractivity contribution in [3.8, 4) is 0 Å². The summed E-state index contributed by atoms with van der Waals surface area (Å²) in [6.45, 7) is 0.540. The third-order valence-corrected chi connectivity index (χ3v) is 8.52. The number of hydrogen-bond acceptors (Lipinski definition) is 5. The van der Waals surface area contributed by atoms with Crippen LogP contribution in [0.25, 0.3) is 0 Å². The van der Waals surface area contributed by atoms with Gasteiger partial charge < -0.3 is 4.74 Å². The molecule has 3 aromatic carbocycles. The Kier molecular flexibility index (Phi) is 9.74. The molecule has 0 amide bonds. The van der Waals surface area contributed by atoms with Gasteiger partial charge in [0.15, 0.2) is 0 Å². The minimum Gasteiger partial charge on any atom is -0.469 e. The van der Waals surface area contributed by atoms with Crippen LogP contribution in [0.15, 0.2) is 102 Å². The maximum atomic E-state index is 13.2. The molecule has 38 heavy (non-hydrogen) atoms. The van der Waals surface area contributed by atoms with Crippen molar-refractivity contribution >= 4 is 27.6 Å². The number of carbonyl (C=O) groups excluding carboxylic acids is 1. The Morgan fingerprint density at radius 1 is 1.03 bits per heavy atom. The van der Waals surface area contributed by atoms with Gasteiger partial charge in [-0.25, -0.2) is 13.1 Å². The highest BCUT2D eigenvalue weighted by atomic mass is 35.5. The topological polar surface area (TPSA) is 75.7 Å². The molecule has 6 nitrogen and oxygen atoms in total. The Balaban J connectivity index is 1.60. The van der Waals surface area contributed by atoms with Gasteiger partial charge >= 0.3 is 5.97 Å². The second kappa shape index (κ2) is 13.2. The van der Waals surface area contributed by atoms with Gasteiger partial charge in [-0.2, -0.15) is 0 Å². The predicted octanol–water partition coefficient (Wildman–Crippen LogP) is 5.75. The van der Waals surface area contributed by atoms with Crippen LogP contribution in [0, 0.1) is 0 Å². The highest BCUT2D eigenvalue weighted by molar-refractivity contribution is 7.89. The van der Waals surface area contributed by atoms with Crippen molar-refractivity contribution in [3.63, 3.8) is 0 Å². The Bertz CT molecular complexity index is 1280. The monoisotopic (exact) mass is 552 g/mol. The number of hydrogen-bond donors (Lipinski definition) is 1. The molecule has 1 N–H and O–H groups in total. The normalized spacial score (nSPS) is 18.3. The first-order valence-electron chi connectivity index (χ1n) is 12.7. The fraction of sp³-hybridized carbons (Fsp3) is 0.300. The molecule has 200 valence electrons. The van der Waals surface area contributed by atoms with E-state index < -0.39 is 10.0 Å². The molecule has 4 rings (SSSR count). The lowest BCUT2D eigenvalue weighted by Gasteiger charge is -2.33. The van der Waals surface area contributed by atoms with E-state index in [0.717, 1.165) is 17.5 Å². The minimum absolute atomic E-state index is 0.00328. The summed E-state index contributed by atoms with van der Waals surface area (Å²) in [6.07, 6.45) is 6.66. The van der Waals surface area contributed by atoms with E-state index in [4.69, 9.17) is 16.3 Å². The van der Waals surface area contributed by atoms with Crippen LogP contribution < -0.4 is 4.72 Å². The Morgan fingerprint density at radius 2 is 1.63 bits per heavy atom. The van der Waals surface area contributed by atoms with Crippen molar-refractivity contribution in [2.24, 2.45) is 0 Å². The molecule has 1 heterocycles. The van der Waals surface area contributed by atoms with Crippen LogP contribution in [0.2, 0.25) is 5.02 Å². The second-order valence-electron chi connectivity index (χ2n) is 9.39. The van der Waals surface area contributed by atoms with Crippen LogP contribution >= 0.6 is 11.6 Å². The summed E-state index contributed by atoms with van der Waals surface area (Å²) in [5.74, 6) is -0.217. The lowest BCUT2D eigenvalue weighted by molar-refractivity contribution is -0.140. The number of nitrogens with zero attached hydrogens (tertiary/aromatic N) is 1. The van der Waals surface area contributed by atoms with Crippen LogP contribution in [0.3, 0.4) is 0 Å². The van der Waals surface area contributed by atoms with E-state index in [0.29, 0.717) is 30.8 Å². The lowest BCUT2D eigenvalue weighted by Crippen LogP contribution is -2.38. The number of benzene rings is 3. The van der Waals surface area contributed by atoms with Gasteiger partial charge in [0.2, 0.25) is 10.0 Å². The van der Waals surface area contributed by atoms with Crippen molar-refractivity contribution < 1.29 is 17.9 Å². The van der Waals surface area contributed by atoms with E-state index in [1.807, 2.05) is 36.4 Å². The molecule has 1 saturated heterocycles. The van der Waals surface area contributed by atoms with Crippen LogP contribution in [-0.4, -0.2) is 45.0 Å². The summed E-state index contributed by atoms with van der Waals surface area (Å²) >= 11 is 5.96. The van der Waals surface area contributed by atoms with Gasteiger partial charge in [-0.3, -0.25) is 9.69 Å². The van der Waals surface area contributed by atoms with Gasteiger partial charge in [-0.1, -0.05) is 84.4 Å². The maximum absolute atomic E-state index is 13.2. The molecule has 1 aliphatic heterocycles. The number of halogens is 1. The number of esters is 1. The highest BCUT2D eigenvalue weighted by Crippen LogP contribution is 2.36. The van der Waals surface area contributed by atoms with Crippen LogP contribution in [0.1, 0.15) is 42.9 Å². The fourth-order valence-corrected chi connectivity index (χ4v) is 6.30. The number of sulfonamides is 1. The third kappa shape index (κ3) is 7.32. The third-order valence-electron chi connectivity index (χ3n) is 6.73. The Morgan fingerprint density at radius 3 is 2.21 bits per heavy atom.